The maximum Gasteiger partial charge on any atom is 0.263 e. The number of aromatic nitrogens is 1. The van der Waals surface area contributed by atoms with Crippen LogP contribution in [0.15, 0.2) is 18.3 Å². The lowest BCUT2D eigenvalue weighted by Crippen LogP contribution is -2.37. The number of anilines is 1. The van der Waals surface area contributed by atoms with Crippen molar-refractivity contribution in [2.45, 2.75) is 45.1 Å². The van der Waals surface area contributed by atoms with Gasteiger partial charge in [-0.2, -0.15) is 0 Å². The summed E-state index contributed by atoms with van der Waals surface area (Å²) in [5, 5.41) is 3.15. The van der Waals surface area contributed by atoms with Crippen LogP contribution in [0.3, 0.4) is 0 Å². The van der Waals surface area contributed by atoms with E-state index in [0.29, 0.717) is 10.6 Å². The molecule has 0 spiro atoms. The fraction of sp³-hybridized carbons (Fsp3) is 0.500. The van der Waals surface area contributed by atoms with Crippen LogP contribution in [0.25, 0.3) is 10.2 Å². The Morgan fingerprint density at radius 3 is 2.86 bits per heavy atom. The van der Waals surface area contributed by atoms with Crippen molar-refractivity contribution in [3.05, 3.63) is 23.2 Å². The van der Waals surface area contributed by atoms with Crippen molar-refractivity contribution in [3.8, 4) is 0 Å². The summed E-state index contributed by atoms with van der Waals surface area (Å²) in [4.78, 5) is 17.3. The number of hydrogen-bond acceptors (Lipinski definition) is 4. The van der Waals surface area contributed by atoms with Gasteiger partial charge in [-0.1, -0.05) is 13.3 Å². The number of rotatable bonds is 3. The molecule has 0 aromatic carbocycles. The minimum Gasteiger partial charge on any atom is -0.396 e. The third-order valence-corrected chi connectivity index (χ3v) is 5.61. The summed E-state index contributed by atoms with van der Waals surface area (Å²) in [6.07, 6.45) is 7.53. The molecule has 5 heteroatoms. The molecule has 4 nitrogen and oxygen atoms in total. The van der Waals surface area contributed by atoms with Crippen LogP contribution in [0.4, 0.5) is 5.69 Å². The molecule has 1 aliphatic carbocycles. The van der Waals surface area contributed by atoms with Crippen LogP contribution in [0.1, 0.15) is 48.7 Å². The first-order chi connectivity index (χ1) is 10.2. The number of thiophene rings is 1. The van der Waals surface area contributed by atoms with E-state index in [1.54, 1.807) is 6.20 Å². The molecule has 1 aliphatic rings. The average molecular weight is 303 g/mol. The lowest BCUT2D eigenvalue weighted by atomic mass is 9.84. The molecule has 0 aliphatic heterocycles. The predicted octanol–water partition coefficient (Wildman–Crippen LogP) is 3.58. The Balaban J connectivity index is 1.71. The zero-order valence-electron chi connectivity index (χ0n) is 12.3. The van der Waals surface area contributed by atoms with Gasteiger partial charge in [0.25, 0.3) is 5.91 Å². The number of carbonyl (C=O) groups is 1. The molecule has 21 heavy (non-hydrogen) atoms. The van der Waals surface area contributed by atoms with Crippen molar-refractivity contribution >= 4 is 33.1 Å². The summed E-state index contributed by atoms with van der Waals surface area (Å²) >= 11 is 1.43. The number of carbonyl (C=O) groups excluding carboxylic acids is 1. The lowest BCUT2D eigenvalue weighted by molar-refractivity contribution is 0.0926. The van der Waals surface area contributed by atoms with E-state index in [0.717, 1.165) is 29.0 Å². The Hall–Kier alpha value is -1.62. The number of nitrogens with one attached hydrogen (secondary N) is 1. The van der Waals surface area contributed by atoms with E-state index < -0.39 is 0 Å². The summed E-state index contributed by atoms with van der Waals surface area (Å²) < 4.78 is 0.967. The highest BCUT2D eigenvalue weighted by Crippen LogP contribution is 2.32. The maximum atomic E-state index is 12.4. The molecule has 3 rings (SSSR count). The summed E-state index contributed by atoms with van der Waals surface area (Å²) in [6, 6.07) is 4.11. The van der Waals surface area contributed by atoms with Crippen molar-refractivity contribution in [1.82, 2.24) is 10.3 Å². The van der Waals surface area contributed by atoms with Gasteiger partial charge in [-0.15, -0.1) is 11.3 Å². The quantitative estimate of drug-likeness (QED) is 0.910. The molecule has 0 radical (unpaired) electrons. The largest absolute Gasteiger partial charge is 0.396 e. The van der Waals surface area contributed by atoms with E-state index in [4.69, 9.17) is 5.73 Å². The predicted molar refractivity (Wildman–Crippen MR) is 87.5 cm³/mol. The first kappa shape index (κ1) is 14.3. The Labute approximate surface area is 128 Å². The van der Waals surface area contributed by atoms with Crippen molar-refractivity contribution in [3.63, 3.8) is 0 Å². The van der Waals surface area contributed by atoms with Crippen LogP contribution < -0.4 is 11.1 Å². The first-order valence-corrected chi connectivity index (χ1v) is 8.44. The number of nitrogens with two attached hydrogens (primary N) is 1. The van der Waals surface area contributed by atoms with Crippen molar-refractivity contribution < 1.29 is 4.79 Å². The molecular weight excluding hydrogens is 282 g/mol. The standard InChI is InChI=1S/C16H21N3OS/c1-2-10-5-7-11(8-6-10)19-16(20)15-13(17)14-12(21-15)4-3-9-18-14/h3-4,9-11H,2,5-8,17H2,1H3,(H,19,20). The molecule has 1 saturated carbocycles. The lowest BCUT2D eigenvalue weighted by Gasteiger charge is -2.28. The first-order valence-electron chi connectivity index (χ1n) is 7.63. The molecule has 0 unspecified atom stereocenters. The molecule has 0 saturated heterocycles. The number of nitrogens with zero attached hydrogens (tertiary/aromatic N) is 1. The molecule has 2 aromatic rings. The van der Waals surface area contributed by atoms with E-state index in [2.05, 4.69) is 17.2 Å². The Kier molecular flexibility index (Phi) is 4.10. The molecule has 3 N–H and O–H groups in total. The fourth-order valence-electron chi connectivity index (χ4n) is 3.08. The normalized spacial score (nSPS) is 22.3. The molecule has 1 fully saturated rings. The number of pyridine rings is 1. The van der Waals surface area contributed by atoms with E-state index >= 15 is 0 Å². The van der Waals surface area contributed by atoms with Gasteiger partial charge in [0.15, 0.2) is 0 Å². The van der Waals surface area contributed by atoms with E-state index in [9.17, 15) is 4.79 Å². The van der Waals surface area contributed by atoms with E-state index in [1.807, 2.05) is 12.1 Å². The molecule has 1 amide bonds. The molecule has 112 valence electrons. The fourth-order valence-corrected chi connectivity index (χ4v) is 4.07. The van der Waals surface area contributed by atoms with Crippen molar-refractivity contribution in [2.24, 2.45) is 5.92 Å². The minimum absolute atomic E-state index is 0.0459. The van der Waals surface area contributed by atoms with Crippen LogP contribution in [0.2, 0.25) is 0 Å². The van der Waals surface area contributed by atoms with Crippen LogP contribution in [-0.4, -0.2) is 16.9 Å². The second kappa shape index (κ2) is 6.02. The molecule has 2 aromatic heterocycles. The highest BCUT2D eigenvalue weighted by Gasteiger charge is 2.24. The maximum absolute atomic E-state index is 12.4. The zero-order valence-corrected chi connectivity index (χ0v) is 13.1. The van der Waals surface area contributed by atoms with Crippen LogP contribution in [0, 0.1) is 5.92 Å². The van der Waals surface area contributed by atoms with Crippen LogP contribution in [0.5, 0.6) is 0 Å². The third-order valence-electron chi connectivity index (χ3n) is 4.45. The Bertz CT molecular complexity index is 644. The van der Waals surface area contributed by atoms with Gasteiger partial charge in [0.05, 0.1) is 10.4 Å². The number of hydrogen-bond donors (Lipinski definition) is 2. The Morgan fingerprint density at radius 2 is 2.19 bits per heavy atom. The minimum atomic E-state index is -0.0459. The second-order valence-corrected chi connectivity index (χ2v) is 6.85. The summed E-state index contributed by atoms with van der Waals surface area (Å²) in [5.41, 5.74) is 7.32. The second-order valence-electron chi connectivity index (χ2n) is 5.79. The highest BCUT2D eigenvalue weighted by molar-refractivity contribution is 7.21. The van der Waals surface area contributed by atoms with Gasteiger partial charge in [-0.25, -0.2) is 0 Å². The van der Waals surface area contributed by atoms with E-state index in [-0.39, 0.29) is 11.9 Å². The SMILES string of the molecule is CCC1CCC(NC(=O)c2sc3cccnc3c2N)CC1. The monoisotopic (exact) mass is 303 g/mol. The summed E-state index contributed by atoms with van der Waals surface area (Å²) in [6.45, 7) is 2.24. The van der Waals surface area contributed by atoms with Gasteiger partial charge in [0.2, 0.25) is 0 Å². The van der Waals surface area contributed by atoms with Gasteiger partial charge in [-0.05, 0) is 43.7 Å². The number of nitrogen functional groups attached to an aromatic ring is 1. The topological polar surface area (TPSA) is 68.0 Å². The Morgan fingerprint density at radius 1 is 1.43 bits per heavy atom. The summed E-state index contributed by atoms with van der Waals surface area (Å²) in [7, 11) is 0. The van der Waals surface area contributed by atoms with Gasteiger partial charge in [-0.3, -0.25) is 9.78 Å². The van der Waals surface area contributed by atoms with E-state index in [1.165, 1.54) is 30.6 Å². The summed E-state index contributed by atoms with van der Waals surface area (Å²) in [5.74, 6) is 0.784. The van der Waals surface area contributed by atoms with Gasteiger partial charge >= 0.3 is 0 Å². The molecule has 0 atom stereocenters. The molecular formula is C16H21N3OS. The molecule has 0 bridgehead atoms. The smallest absolute Gasteiger partial charge is 0.263 e. The zero-order chi connectivity index (χ0) is 14.8. The van der Waals surface area contributed by atoms with Crippen LogP contribution in [-0.2, 0) is 0 Å². The van der Waals surface area contributed by atoms with Gasteiger partial charge in [0, 0.05) is 12.2 Å². The van der Waals surface area contributed by atoms with Gasteiger partial charge in [0.1, 0.15) is 10.4 Å². The van der Waals surface area contributed by atoms with Crippen molar-refractivity contribution in [2.75, 3.05) is 5.73 Å². The van der Waals surface area contributed by atoms with Gasteiger partial charge < -0.3 is 11.1 Å². The average Bonchev–Trinajstić information content (AvgIpc) is 2.86. The van der Waals surface area contributed by atoms with Crippen LogP contribution >= 0.6 is 11.3 Å². The molecule has 2 heterocycles. The third kappa shape index (κ3) is 2.88. The number of amides is 1. The number of fused-ring (bicyclic) bond motifs is 1. The highest BCUT2D eigenvalue weighted by atomic mass is 32.1. The van der Waals surface area contributed by atoms with Crippen molar-refractivity contribution in [1.29, 1.82) is 0 Å².